The second-order valence-corrected chi connectivity index (χ2v) is 5.52. The Bertz CT molecular complexity index is 275. The van der Waals surface area contributed by atoms with Gasteiger partial charge in [-0.25, -0.2) is 0 Å². The summed E-state index contributed by atoms with van der Waals surface area (Å²) in [6, 6.07) is -1.22. The van der Waals surface area contributed by atoms with Crippen LogP contribution in [0.1, 0.15) is 26.2 Å². The van der Waals surface area contributed by atoms with Crippen LogP contribution in [0, 0.1) is 0 Å². The van der Waals surface area contributed by atoms with Gasteiger partial charge in [0.05, 0.1) is 0 Å². The highest BCUT2D eigenvalue weighted by Crippen LogP contribution is 2.30. The molecule has 1 unspecified atom stereocenters. The second kappa shape index (κ2) is 6.41. The molecular formula is C13H24F3N3. The summed E-state index contributed by atoms with van der Waals surface area (Å²) >= 11 is 0. The fraction of sp³-hybridized carbons (Fsp3) is 1.00. The Labute approximate surface area is 113 Å². The number of hydrogen-bond donors (Lipinski definition) is 1. The van der Waals surface area contributed by atoms with Crippen LogP contribution in [0.25, 0.3) is 0 Å². The van der Waals surface area contributed by atoms with Crippen molar-refractivity contribution >= 4 is 0 Å². The number of nitrogens with zero attached hydrogens (tertiary/aromatic N) is 2. The summed E-state index contributed by atoms with van der Waals surface area (Å²) in [7, 11) is 0. The van der Waals surface area contributed by atoms with Crippen molar-refractivity contribution in [1.82, 2.24) is 15.1 Å². The molecule has 0 aliphatic carbocycles. The van der Waals surface area contributed by atoms with Crippen LogP contribution in [0.2, 0.25) is 0 Å². The zero-order valence-corrected chi connectivity index (χ0v) is 11.5. The lowest BCUT2D eigenvalue weighted by Crippen LogP contribution is -2.56. The molecule has 3 nitrogen and oxygen atoms in total. The normalized spacial score (nSPS) is 29.4. The molecular weight excluding hydrogens is 255 g/mol. The van der Waals surface area contributed by atoms with Gasteiger partial charge in [-0.1, -0.05) is 6.92 Å². The number of likely N-dealkylation sites (tertiary alicyclic amines) is 1. The van der Waals surface area contributed by atoms with Crippen LogP contribution in [-0.4, -0.2) is 67.3 Å². The third-order valence-electron chi connectivity index (χ3n) is 4.36. The monoisotopic (exact) mass is 279 g/mol. The number of halogens is 3. The molecule has 0 aromatic rings. The van der Waals surface area contributed by atoms with E-state index in [2.05, 4.69) is 17.1 Å². The van der Waals surface area contributed by atoms with Crippen molar-refractivity contribution in [3.63, 3.8) is 0 Å². The van der Waals surface area contributed by atoms with Crippen molar-refractivity contribution in [2.75, 3.05) is 39.3 Å². The summed E-state index contributed by atoms with van der Waals surface area (Å²) in [5, 5.41) is 2.92. The van der Waals surface area contributed by atoms with Gasteiger partial charge in [-0.05, 0) is 45.4 Å². The van der Waals surface area contributed by atoms with Crippen molar-refractivity contribution in [3.05, 3.63) is 0 Å². The first-order chi connectivity index (χ1) is 9.02. The molecule has 2 heterocycles. The van der Waals surface area contributed by atoms with Gasteiger partial charge in [-0.2, -0.15) is 13.2 Å². The average molecular weight is 279 g/mol. The predicted molar refractivity (Wildman–Crippen MR) is 69.2 cm³/mol. The van der Waals surface area contributed by atoms with Crippen LogP contribution in [0.4, 0.5) is 13.2 Å². The van der Waals surface area contributed by atoms with Gasteiger partial charge in [0.25, 0.3) is 0 Å². The van der Waals surface area contributed by atoms with Crippen molar-refractivity contribution in [2.45, 2.75) is 44.4 Å². The highest BCUT2D eigenvalue weighted by atomic mass is 19.4. The second-order valence-electron chi connectivity index (χ2n) is 5.52. The number of rotatable bonds is 2. The Morgan fingerprint density at radius 1 is 1.16 bits per heavy atom. The Morgan fingerprint density at radius 3 is 2.42 bits per heavy atom. The van der Waals surface area contributed by atoms with Gasteiger partial charge in [0.15, 0.2) is 0 Å². The van der Waals surface area contributed by atoms with Crippen molar-refractivity contribution in [1.29, 1.82) is 0 Å². The summed E-state index contributed by atoms with van der Waals surface area (Å²) in [6.45, 7) is 6.25. The molecule has 19 heavy (non-hydrogen) atoms. The molecule has 2 aliphatic heterocycles. The minimum Gasteiger partial charge on any atom is -0.315 e. The molecule has 0 radical (unpaired) electrons. The van der Waals surface area contributed by atoms with Gasteiger partial charge in [-0.15, -0.1) is 0 Å². The number of hydrogen-bond acceptors (Lipinski definition) is 3. The first-order valence-corrected chi connectivity index (χ1v) is 7.28. The molecule has 0 saturated carbocycles. The van der Waals surface area contributed by atoms with Crippen molar-refractivity contribution in [2.24, 2.45) is 0 Å². The van der Waals surface area contributed by atoms with Crippen LogP contribution < -0.4 is 5.32 Å². The van der Waals surface area contributed by atoms with Crippen LogP contribution in [0.3, 0.4) is 0 Å². The van der Waals surface area contributed by atoms with E-state index in [1.165, 1.54) is 0 Å². The predicted octanol–water partition coefficient (Wildman–Crippen LogP) is 1.70. The first kappa shape index (κ1) is 15.1. The fourth-order valence-electron chi connectivity index (χ4n) is 3.21. The summed E-state index contributed by atoms with van der Waals surface area (Å²) < 4.78 is 39.5. The zero-order chi connectivity index (χ0) is 13.9. The summed E-state index contributed by atoms with van der Waals surface area (Å²) in [5.41, 5.74) is 0. The van der Waals surface area contributed by atoms with Gasteiger partial charge in [0, 0.05) is 19.1 Å². The van der Waals surface area contributed by atoms with E-state index in [-0.39, 0.29) is 12.6 Å². The third kappa shape index (κ3) is 3.83. The molecule has 0 amide bonds. The molecule has 2 saturated heterocycles. The van der Waals surface area contributed by atoms with Crippen LogP contribution in [-0.2, 0) is 0 Å². The smallest absolute Gasteiger partial charge is 0.315 e. The average Bonchev–Trinajstić information content (AvgIpc) is 2.64. The summed E-state index contributed by atoms with van der Waals surface area (Å²) in [6.07, 6.45) is -1.60. The first-order valence-electron chi connectivity index (χ1n) is 7.28. The minimum atomic E-state index is -4.13. The molecule has 0 bridgehead atoms. The maximum atomic E-state index is 13.2. The maximum absolute atomic E-state index is 13.2. The van der Waals surface area contributed by atoms with Crippen LogP contribution in [0.15, 0.2) is 0 Å². The SMILES string of the molecule is CCN1CCC(N2CCCNCC2C(F)(F)F)CC1. The molecule has 2 rings (SSSR count). The van der Waals surface area contributed by atoms with Gasteiger partial charge >= 0.3 is 6.18 Å². The van der Waals surface area contributed by atoms with E-state index in [9.17, 15) is 13.2 Å². The Kier molecular flexibility index (Phi) is 5.09. The van der Waals surface area contributed by atoms with E-state index in [4.69, 9.17) is 0 Å². The Balaban J connectivity index is 2.02. The van der Waals surface area contributed by atoms with Crippen LogP contribution in [0.5, 0.6) is 0 Å². The number of piperidine rings is 1. The maximum Gasteiger partial charge on any atom is 0.405 e. The van der Waals surface area contributed by atoms with Gasteiger partial charge < -0.3 is 10.2 Å². The van der Waals surface area contributed by atoms with E-state index >= 15 is 0 Å². The third-order valence-corrected chi connectivity index (χ3v) is 4.36. The van der Waals surface area contributed by atoms with E-state index < -0.39 is 12.2 Å². The molecule has 0 aromatic carbocycles. The largest absolute Gasteiger partial charge is 0.405 e. The molecule has 6 heteroatoms. The highest BCUT2D eigenvalue weighted by Gasteiger charge is 2.46. The van der Waals surface area contributed by atoms with Crippen LogP contribution >= 0.6 is 0 Å². The number of alkyl halides is 3. The lowest BCUT2D eigenvalue weighted by molar-refractivity contribution is -0.188. The highest BCUT2D eigenvalue weighted by molar-refractivity contribution is 4.90. The van der Waals surface area contributed by atoms with E-state index in [0.717, 1.165) is 38.9 Å². The minimum absolute atomic E-state index is 0.0392. The molecule has 0 spiro atoms. The standard InChI is InChI=1S/C13H24F3N3/c1-2-18-8-4-11(5-9-18)19-7-3-6-17-10-12(19)13(14,15)16/h11-12,17H,2-10H2,1H3. The van der Waals surface area contributed by atoms with Crippen molar-refractivity contribution in [3.8, 4) is 0 Å². The molecule has 1 N–H and O–H groups in total. The van der Waals surface area contributed by atoms with Gasteiger partial charge in [0.2, 0.25) is 0 Å². The molecule has 112 valence electrons. The van der Waals surface area contributed by atoms with Crippen molar-refractivity contribution < 1.29 is 13.2 Å². The van der Waals surface area contributed by atoms with Gasteiger partial charge in [-0.3, -0.25) is 4.90 Å². The Morgan fingerprint density at radius 2 is 1.84 bits per heavy atom. The lowest BCUT2D eigenvalue weighted by atomic mass is 10.0. The zero-order valence-electron chi connectivity index (χ0n) is 11.5. The summed E-state index contributed by atoms with van der Waals surface area (Å²) in [4.78, 5) is 4.03. The molecule has 2 fully saturated rings. The molecule has 2 aliphatic rings. The fourth-order valence-corrected chi connectivity index (χ4v) is 3.21. The summed E-state index contributed by atoms with van der Waals surface area (Å²) in [5.74, 6) is 0. The topological polar surface area (TPSA) is 18.5 Å². The molecule has 1 atom stereocenters. The van der Waals surface area contributed by atoms with E-state index in [0.29, 0.717) is 13.1 Å². The molecule has 0 aromatic heterocycles. The van der Waals surface area contributed by atoms with Gasteiger partial charge in [0.1, 0.15) is 6.04 Å². The Hall–Kier alpha value is -0.330. The quantitative estimate of drug-likeness (QED) is 0.830. The lowest BCUT2D eigenvalue weighted by Gasteiger charge is -2.41. The number of nitrogens with one attached hydrogen (secondary N) is 1. The van der Waals surface area contributed by atoms with E-state index in [1.807, 2.05) is 0 Å². The van der Waals surface area contributed by atoms with E-state index in [1.54, 1.807) is 4.90 Å².